The molecule has 2 aromatic rings. The Morgan fingerprint density at radius 3 is 2.64 bits per heavy atom. The van der Waals surface area contributed by atoms with Crippen LogP contribution in [-0.2, 0) is 9.53 Å². The van der Waals surface area contributed by atoms with Gasteiger partial charge in [-0.05, 0) is 42.8 Å². The third-order valence-corrected chi connectivity index (χ3v) is 5.22. The van der Waals surface area contributed by atoms with Crippen LogP contribution in [0.25, 0.3) is 0 Å². The fourth-order valence-electron chi connectivity index (χ4n) is 2.80. The Bertz CT molecular complexity index is 700. The molecule has 4 nitrogen and oxygen atoms in total. The molecule has 0 aromatic heterocycles. The van der Waals surface area contributed by atoms with E-state index >= 15 is 0 Å². The average molecular weight is 356 g/mol. The summed E-state index contributed by atoms with van der Waals surface area (Å²) < 4.78 is 5.40. The summed E-state index contributed by atoms with van der Waals surface area (Å²) in [5.41, 5.74) is 3.18. The van der Waals surface area contributed by atoms with Crippen molar-refractivity contribution < 1.29 is 9.53 Å². The van der Waals surface area contributed by atoms with Crippen LogP contribution < -0.4 is 10.2 Å². The number of hydrogen-bond donors (Lipinski definition) is 1. The van der Waals surface area contributed by atoms with Crippen LogP contribution in [0.1, 0.15) is 12.0 Å². The Labute approximate surface area is 153 Å². The number of thioether (sulfide) groups is 1. The first-order valence-corrected chi connectivity index (χ1v) is 9.62. The molecular formula is C20H24N2O2S. The molecule has 0 aliphatic carbocycles. The first kappa shape index (κ1) is 17.8. The Hall–Kier alpha value is -1.98. The molecule has 1 saturated heterocycles. The summed E-state index contributed by atoms with van der Waals surface area (Å²) >= 11 is 1.71. The number of carbonyl (C=O) groups excluding carboxylic acids is 1. The van der Waals surface area contributed by atoms with Crippen molar-refractivity contribution in [2.75, 3.05) is 42.3 Å². The molecule has 1 fully saturated rings. The van der Waals surface area contributed by atoms with Gasteiger partial charge in [-0.2, -0.15) is 0 Å². The number of carbonyl (C=O) groups is 1. The summed E-state index contributed by atoms with van der Waals surface area (Å²) in [7, 11) is 0. The number of amides is 1. The van der Waals surface area contributed by atoms with Gasteiger partial charge in [0.2, 0.25) is 5.91 Å². The topological polar surface area (TPSA) is 41.6 Å². The maximum absolute atomic E-state index is 12.2. The van der Waals surface area contributed by atoms with Gasteiger partial charge in [0.25, 0.3) is 0 Å². The fraction of sp³-hybridized carbons (Fsp3) is 0.350. The number of nitrogens with one attached hydrogen (secondary N) is 1. The van der Waals surface area contributed by atoms with Crippen LogP contribution in [0.4, 0.5) is 11.4 Å². The Morgan fingerprint density at radius 1 is 1.16 bits per heavy atom. The summed E-state index contributed by atoms with van der Waals surface area (Å²) in [6, 6.07) is 16.4. The molecule has 1 amide bonds. The third-order valence-electron chi connectivity index (χ3n) is 4.20. The van der Waals surface area contributed by atoms with E-state index in [1.165, 1.54) is 10.6 Å². The van der Waals surface area contributed by atoms with Crippen LogP contribution >= 0.6 is 11.8 Å². The second kappa shape index (κ2) is 8.92. The molecule has 25 heavy (non-hydrogen) atoms. The van der Waals surface area contributed by atoms with Crippen LogP contribution in [0, 0.1) is 6.92 Å². The van der Waals surface area contributed by atoms with Crippen LogP contribution in [0.3, 0.4) is 0 Å². The molecule has 0 radical (unpaired) electrons. The van der Waals surface area contributed by atoms with Gasteiger partial charge in [0.05, 0.1) is 13.2 Å². The zero-order valence-electron chi connectivity index (χ0n) is 14.5. The van der Waals surface area contributed by atoms with Crippen molar-refractivity contribution in [2.24, 2.45) is 0 Å². The molecule has 1 heterocycles. The molecule has 1 aliphatic heterocycles. The number of hydrogen-bond acceptors (Lipinski definition) is 4. The van der Waals surface area contributed by atoms with Crippen LogP contribution in [-0.4, -0.2) is 38.0 Å². The molecule has 132 valence electrons. The Balaban J connectivity index is 1.50. The molecule has 2 aromatic carbocycles. The number of benzene rings is 2. The van der Waals surface area contributed by atoms with Crippen molar-refractivity contribution in [1.82, 2.24) is 0 Å². The summed E-state index contributed by atoms with van der Waals surface area (Å²) in [4.78, 5) is 15.7. The maximum Gasteiger partial charge on any atom is 0.225 e. The summed E-state index contributed by atoms with van der Waals surface area (Å²) in [5, 5.41) is 3.03. The second-order valence-corrected chi connectivity index (χ2v) is 7.23. The monoisotopic (exact) mass is 356 g/mol. The van der Waals surface area contributed by atoms with Crippen molar-refractivity contribution in [3.05, 3.63) is 54.1 Å². The SMILES string of the molecule is Cc1cc(N2CCOCC2)ccc1NC(=O)CCSc1ccccc1. The highest BCUT2D eigenvalue weighted by atomic mass is 32.2. The van der Waals surface area contributed by atoms with Crippen LogP contribution in [0.5, 0.6) is 0 Å². The van der Waals surface area contributed by atoms with E-state index in [0.717, 1.165) is 43.3 Å². The number of anilines is 2. The van der Waals surface area contributed by atoms with Crippen LogP contribution in [0.15, 0.2) is 53.4 Å². The molecule has 0 spiro atoms. The average Bonchev–Trinajstić information content (AvgIpc) is 2.65. The van der Waals surface area contributed by atoms with E-state index in [1.54, 1.807) is 11.8 Å². The van der Waals surface area contributed by atoms with E-state index in [4.69, 9.17) is 4.74 Å². The highest BCUT2D eigenvalue weighted by molar-refractivity contribution is 7.99. The van der Waals surface area contributed by atoms with Gasteiger partial charge >= 0.3 is 0 Å². The largest absolute Gasteiger partial charge is 0.378 e. The number of aryl methyl sites for hydroxylation is 1. The molecule has 0 bridgehead atoms. The van der Waals surface area contributed by atoms with Gasteiger partial charge in [0.1, 0.15) is 0 Å². The quantitative estimate of drug-likeness (QED) is 0.796. The number of morpholine rings is 1. The van der Waals surface area contributed by atoms with Gasteiger partial charge in [0.15, 0.2) is 0 Å². The lowest BCUT2D eigenvalue weighted by Gasteiger charge is -2.29. The fourth-order valence-corrected chi connectivity index (χ4v) is 3.67. The molecule has 5 heteroatoms. The van der Waals surface area contributed by atoms with Gasteiger partial charge in [-0.3, -0.25) is 4.79 Å². The third kappa shape index (κ3) is 5.25. The van der Waals surface area contributed by atoms with Gasteiger partial charge in [0, 0.05) is 41.5 Å². The van der Waals surface area contributed by atoms with Gasteiger partial charge in [-0.15, -0.1) is 11.8 Å². The Morgan fingerprint density at radius 2 is 1.92 bits per heavy atom. The number of ether oxygens (including phenoxy) is 1. The minimum Gasteiger partial charge on any atom is -0.378 e. The minimum atomic E-state index is 0.0608. The second-order valence-electron chi connectivity index (χ2n) is 6.06. The molecule has 3 rings (SSSR count). The molecular weight excluding hydrogens is 332 g/mol. The normalized spacial score (nSPS) is 14.4. The lowest BCUT2D eigenvalue weighted by Crippen LogP contribution is -2.36. The van der Waals surface area contributed by atoms with Crippen molar-refractivity contribution >= 4 is 29.0 Å². The zero-order valence-corrected chi connectivity index (χ0v) is 15.3. The Kier molecular flexibility index (Phi) is 6.36. The van der Waals surface area contributed by atoms with Crippen molar-refractivity contribution in [3.8, 4) is 0 Å². The molecule has 1 aliphatic rings. The van der Waals surface area contributed by atoms with Crippen LogP contribution in [0.2, 0.25) is 0 Å². The standard InChI is InChI=1S/C20H24N2O2S/c1-16-15-17(22-10-12-24-13-11-22)7-8-19(16)21-20(23)9-14-25-18-5-3-2-4-6-18/h2-8,15H,9-14H2,1H3,(H,21,23). The number of rotatable bonds is 6. The van der Waals surface area contributed by atoms with Crippen molar-refractivity contribution in [1.29, 1.82) is 0 Å². The maximum atomic E-state index is 12.2. The predicted octanol–water partition coefficient (Wildman–Crippen LogP) is 3.95. The van der Waals surface area contributed by atoms with E-state index < -0.39 is 0 Å². The van der Waals surface area contributed by atoms with E-state index in [0.29, 0.717) is 6.42 Å². The molecule has 0 unspecified atom stereocenters. The van der Waals surface area contributed by atoms with E-state index in [2.05, 4.69) is 34.5 Å². The molecule has 1 N–H and O–H groups in total. The summed E-state index contributed by atoms with van der Waals surface area (Å²) in [5.74, 6) is 0.839. The lowest BCUT2D eigenvalue weighted by atomic mass is 10.1. The highest BCUT2D eigenvalue weighted by Crippen LogP contribution is 2.24. The molecule has 0 atom stereocenters. The molecule has 0 saturated carbocycles. The van der Waals surface area contributed by atoms with Crippen molar-refractivity contribution in [3.63, 3.8) is 0 Å². The van der Waals surface area contributed by atoms with Gasteiger partial charge in [-0.25, -0.2) is 0 Å². The highest BCUT2D eigenvalue weighted by Gasteiger charge is 2.12. The van der Waals surface area contributed by atoms with E-state index in [9.17, 15) is 4.79 Å². The summed E-state index contributed by atoms with van der Waals surface area (Å²) in [6.45, 7) is 5.43. The summed E-state index contributed by atoms with van der Waals surface area (Å²) in [6.07, 6.45) is 0.504. The first-order chi connectivity index (χ1) is 12.2. The van der Waals surface area contributed by atoms with Gasteiger partial charge < -0.3 is 15.0 Å². The van der Waals surface area contributed by atoms with Gasteiger partial charge in [-0.1, -0.05) is 18.2 Å². The first-order valence-electron chi connectivity index (χ1n) is 8.63. The van der Waals surface area contributed by atoms with E-state index in [-0.39, 0.29) is 5.91 Å². The number of nitrogens with zero attached hydrogens (tertiary/aromatic N) is 1. The predicted molar refractivity (Wildman–Crippen MR) is 105 cm³/mol. The lowest BCUT2D eigenvalue weighted by molar-refractivity contribution is -0.115. The van der Waals surface area contributed by atoms with Crippen molar-refractivity contribution in [2.45, 2.75) is 18.2 Å². The minimum absolute atomic E-state index is 0.0608. The zero-order chi connectivity index (χ0) is 17.5. The van der Waals surface area contributed by atoms with E-state index in [1.807, 2.05) is 31.2 Å². The smallest absolute Gasteiger partial charge is 0.225 e.